The van der Waals surface area contributed by atoms with Gasteiger partial charge in [0.25, 0.3) is 0 Å². The van der Waals surface area contributed by atoms with Gasteiger partial charge in [-0.15, -0.1) is 0 Å². The number of para-hydroxylation sites is 1. The Labute approximate surface area is 204 Å². The molecule has 3 heterocycles. The van der Waals surface area contributed by atoms with Gasteiger partial charge < -0.3 is 13.8 Å². The second-order valence-corrected chi connectivity index (χ2v) is 8.15. The minimum atomic E-state index is -0.963. The summed E-state index contributed by atoms with van der Waals surface area (Å²) in [5, 5.41) is 4.19. The molecule has 6 nitrogen and oxygen atoms in total. The van der Waals surface area contributed by atoms with Crippen molar-refractivity contribution in [2.45, 2.75) is 6.54 Å². The van der Waals surface area contributed by atoms with Gasteiger partial charge in [0.15, 0.2) is 23.2 Å². The van der Waals surface area contributed by atoms with E-state index >= 15 is 0 Å². The van der Waals surface area contributed by atoms with Gasteiger partial charge in [-0.1, -0.05) is 29.4 Å². The van der Waals surface area contributed by atoms with E-state index in [2.05, 4.69) is 15.1 Å². The normalized spacial score (nSPS) is 11.2. The van der Waals surface area contributed by atoms with Crippen LogP contribution in [0.4, 0.5) is 8.78 Å². The summed E-state index contributed by atoms with van der Waals surface area (Å²) >= 11 is 0. The van der Waals surface area contributed by atoms with Gasteiger partial charge >= 0.3 is 0 Å². The van der Waals surface area contributed by atoms with Crippen LogP contribution in [0.2, 0.25) is 0 Å². The Morgan fingerprint density at radius 2 is 1.56 bits per heavy atom. The third kappa shape index (κ3) is 4.32. The van der Waals surface area contributed by atoms with Crippen molar-refractivity contribution in [3.05, 3.63) is 115 Å². The van der Waals surface area contributed by atoms with E-state index in [0.29, 0.717) is 29.4 Å². The molecule has 0 atom stereocenters. The molecule has 1 aromatic heterocycles. The summed E-state index contributed by atoms with van der Waals surface area (Å²) in [5.74, 6) is 0.387. The fraction of sp³-hybridized carbons (Fsp3) is 0.0357. The van der Waals surface area contributed by atoms with E-state index in [4.69, 9.17) is 9.26 Å². The minimum absolute atomic E-state index is 0.0258. The van der Waals surface area contributed by atoms with Crippen molar-refractivity contribution >= 4 is 0 Å². The van der Waals surface area contributed by atoms with E-state index in [-0.39, 0.29) is 11.4 Å². The lowest BCUT2D eigenvalue weighted by atomic mass is 10.1. The van der Waals surface area contributed by atoms with Gasteiger partial charge in [0.1, 0.15) is 22.9 Å². The fourth-order valence-electron chi connectivity index (χ4n) is 3.87. The van der Waals surface area contributed by atoms with Gasteiger partial charge in [0.2, 0.25) is 0 Å². The molecule has 0 unspecified atom stereocenters. The van der Waals surface area contributed by atoms with E-state index in [1.807, 2.05) is 71.4 Å². The second-order valence-electron chi connectivity index (χ2n) is 8.15. The molecule has 0 fully saturated rings. The first kappa shape index (κ1) is 21.7. The number of halogens is 2. The smallest absolute Gasteiger partial charge is 0.169 e. The van der Waals surface area contributed by atoms with Crippen molar-refractivity contribution in [1.82, 2.24) is 19.7 Å². The van der Waals surface area contributed by atoms with Crippen molar-refractivity contribution < 1.29 is 18.0 Å². The van der Waals surface area contributed by atoms with Crippen LogP contribution in [0, 0.1) is 11.6 Å². The molecule has 0 saturated heterocycles. The number of ether oxygens (including phenoxy) is 1. The maximum Gasteiger partial charge on any atom is 0.169 e. The molecule has 8 heteroatoms. The van der Waals surface area contributed by atoms with E-state index in [0.717, 1.165) is 23.1 Å². The zero-order chi connectivity index (χ0) is 24.5. The number of hydrogen-bond acceptors (Lipinski definition) is 5. The Kier molecular flexibility index (Phi) is 5.46. The van der Waals surface area contributed by atoms with Crippen molar-refractivity contribution in [2.24, 2.45) is 0 Å². The first-order valence-corrected chi connectivity index (χ1v) is 11.2. The fourth-order valence-corrected chi connectivity index (χ4v) is 3.87. The molecule has 0 N–H and O–H groups in total. The van der Waals surface area contributed by atoms with E-state index in [1.165, 1.54) is 12.1 Å². The molecule has 36 heavy (non-hydrogen) atoms. The Bertz CT molecular complexity index is 1610. The van der Waals surface area contributed by atoms with Gasteiger partial charge in [-0.3, -0.25) is 0 Å². The summed E-state index contributed by atoms with van der Waals surface area (Å²) < 4.78 is 41.0. The van der Waals surface area contributed by atoms with E-state index < -0.39 is 11.6 Å². The predicted molar refractivity (Wildman–Crippen MR) is 130 cm³/mol. The van der Waals surface area contributed by atoms with Crippen LogP contribution in [-0.4, -0.2) is 19.7 Å². The summed E-state index contributed by atoms with van der Waals surface area (Å²) in [5.41, 5.74) is 2.77. The number of fused-ring (bicyclic) bond motifs is 1. The minimum Gasteiger partial charge on any atom is -0.457 e. The van der Waals surface area contributed by atoms with Gasteiger partial charge in [-0.2, -0.15) is 0 Å². The highest BCUT2D eigenvalue weighted by molar-refractivity contribution is 5.66. The molecule has 3 aromatic carbocycles. The standard InChI is InChI=1S/C28H18F2N4O2/c29-23-8-4-7-22(27(23)30)28-31-24-13-14-34(17-26(24)32-28)16-21-15-25(33-36-21)18-9-11-20(12-10-18)35-19-5-2-1-3-6-19/h1-15,17H,16H2. The summed E-state index contributed by atoms with van der Waals surface area (Å²) in [6.45, 7) is 0.411. The monoisotopic (exact) mass is 480 g/mol. The largest absolute Gasteiger partial charge is 0.457 e. The van der Waals surface area contributed by atoms with Crippen molar-refractivity contribution in [2.75, 3.05) is 0 Å². The Hall–Kier alpha value is -4.85. The van der Waals surface area contributed by atoms with Crippen molar-refractivity contribution in [3.8, 4) is 45.5 Å². The highest BCUT2D eigenvalue weighted by atomic mass is 19.2. The van der Waals surface area contributed by atoms with Gasteiger partial charge in [0.05, 0.1) is 17.8 Å². The maximum atomic E-state index is 14.2. The molecule has 176 valence electrons. The van der Waals surface area contributed by atoms with Crippen LogP contribution in [0.1, 0.15) is 5.76 Å². The molecule has 0 aliphatic carbocycles. The number of nitrogens with zero attached hydrogens (tertiary/aromatic N) is 4. The number of pyridine rings is 1. The molecule has 0 saturated carbocycles. The summed E-state index contributed by atoms with van der Waals surface area (Å²) in [6.07, 6.45) is 3.60. The lowest BCUT2D eigenvalue weighted by Crippen LogP contribution is -1.99. The zero-order valence-electron chi connectivity index (χ0n) is 18.8. The number of benzene rings is 3. The van der Waals surface area contributed by atoms with Crippen LogP contribution in [0.15, 0.2) is 102 Å². The average Bonchev–Trinajstić information content (AvgIpc) is 3.54. The summed E-state index contributed by atoms with van der Waals surface area (Å²) in [4.78, 5) is 8.71. The van der Waals surface area contributed by atoms with Gasteiger partial charge in [0, 0.05) is 24.0 Å². The van der Waals surface area contributed by atoms with Crippen LogP contribution in [0.25, 0.3) is 34.0 Å². The first-order valence-electron chi connectivity index (χ1n) is 11.2. The first-order chi connectivity index (χ1) is 17.6. The molecule has 0 amide bonds. The van der Waals surface area contributed by atoms with E-state index in [9.17, 15) is 8.78 Å². The van der Waals surface area contributed by atoms with Gasteiger partial charge in [-0.05, 0) is 54.6 Å². The number of aromatic nitrogens is 4. The van der Waals surface area contributed by atoms with Crippen molar-refractivity contribution in [3.63, 3.8) is 0 Å². The maximum absolute atomic E-state index is 14.2. The summed E-state index contributed by atoms with van der Waals surface area (Å²) in [7, 11) is 0. The van der Waals surface area contributed by atoms with Crippen LogP contribution in [0.5, 0.6) is 11.5 Å². The Morgan fingerprint density at radius 3 is 2.39 bits per heavy atom. The topological polar surface area (TPSA) is 66.0 Å². The van der Waals surface area contributed by atoms with E-state index in [1.54, 1.807) is 12.3 Å². The number of rotatable bonds is 6. The molecule has 2 aliphatic rings. The highest BCUT2D eigenvalue weighted by Gasteiger charge is 2.18. The number of hydrogen-bond donors (Lipinski definition) is 0. The highest BCUT2D eigenvalue weighted by Crippen LogP contribution is 2.28. The van der Waals surface area contributed by atoms with Crippen LogP contribution >= 0.6 is 0 Å². The van der Waals surface area contributed by atoms with Crippen LogP contribution in [-0.2, 0) is 6.54 Å². The van der Waals surface area contributed by atoms with Crippen LogP contribution in [0.3, 0.4) is 0 Å². The Morgan fingerprint density at radius 1 is 0.778 bits per heavy atom. The average molecular weight is 480 g/mol. The molecule has 6 rings (SSSR count). The molecule has 0 bridgehead atoms. The molecular weight excluding hydrogens is 462 g/mol. The molecule has 2 aliphatic heterocycles. The molecule has 4 aromatic rings. The van der Waals surface area contributed by atoms with Crippen molar-refractivity contribution in [1.29, 1.82) is 0 Å². The predicted octanol–water partition coefficient (Wildman–Crippen LogP) is 6.82. The second kappa shape index (κ2) is 9.07. The van der Waals surface area contributed by atoms with Crippen LogP contribution < -0.4 is 4.74 Å². The zero-order valence-corrected chi connectivity index (χ0v) is 18.8. The molecular formula is C28H18F2N4O2. The quantitative estimate of drug-likeness (QED) is 0.262. The lowest BCUT2D eigenvalue weighted by Gasteiger charge is -2.05. The lowest BCUT2D eigenvalue weighted by molar-refractivity contribution is 0.378. The van der Waals surface area contributed by atoms with Gasteiger partial charge in [-0.25, -0.2) is 18.7 Å². The molecule has 0 radical (unpaired) electrons. The third-order valence-electron chi connectivity index (χ3n) is 5.65. The third-order valence-corrected chi connectivity index (χ3v) is 5.65. The molecule has 0 spiro atoms. The Balaban J connectivity index is 1.18. The number of imidazole rings is 1. The SMILES string of the molecule is Fc1cccc(-c2nc3ccn(Cc4cc(-c5ccc(Oc6ccccc6)cc5)no4)cc-3n2)c1F. The summed E-state index contributed by atoms with van der Waals surface area (Å²) in [6, 6.07) is 24.8.